The van der Waals surface area contributed by atoms with Crippen molar-refractivity contribution >= 4 is 12.0 Å². The summed E-state index contributed by atoms with van der Waals surface area (Å²) >= 11 is 0. The second kappa shape index (κ2) is 6.43. The van der Waals surface area contributed by atoms with Crippen LogP contribution in [0, 0.1) is 12.3 Å². The standard InChI is InChI=1S/C16H27N5O3/c1-10-9-18-12(19-10)11-7-6-8-21(11)13(22)16(17,15(2,3)4)20-14(23)24-5/h9,11H,6-8,17H2,1-5H3,(H,18,19)(H,20,23)/t11-,16+/m0/s1. The molecule has 2 rings (SSSR count). The topological polar surface area (TPSA) is 113 Å². The molecule has 0 aliphatic carbocycles. The van der Waals surface area contributed by atoms with E-state index in [-0.39, 0.29) is 11.9 Å². The Hall–Kier alpha value is -2.09. The van der Waals surface area contributed by atoms with Crippen LogP contribution in [0.2, 0.25) is 0 Å². The van der Waals surface area contributed by atoms with Gasteiger partial charge < -0.3 is 20.4 Å². The minimum atomic E-state index is -1.58. The number of H-pyrrole nitrogens is 1. The van der Waals surface area contributed by atoms with Crippen LogP contribution in [0.15, 0.2) is 6.20 Å². The number of hydrogen-bond acceptors (Lipinski definition) is 5. The molecule has 1 aliphatic heterocycles. The molecule has 0 saturated carbocycles. The van der Waals surface area contributed by atoms with E-state index in [0.29, 0.717) is 6.54 Å². The number of likely N-dealkylation sites (tertiary alicyclic amines) is 1. The Bertz CT molecular complexity index is 621. The molecule has 2 amide bonds. The summed E-state index contributed by atoms with van der Waals surface area (Å²) in [6, 6.07) is -0.170. The first-order valence-electron chi connectivity index (χ1n) is 8.07. The first-order chi connectivity index (χ1) is 11.1. The van der Waals surface area contributed by atoms with Gasteiger partial charge in [0.1, 0.15) is 5.82 Å². The first kappa shape index (κ1) is 18.3. The van der Waals surface area contributed by atoms with Gasteiger partial charge in [0.15, 0.2) is 5.66 Å². The molecule has 24 heavy (non-hydrogen) atoms. The van der Waals surface area contributed by atoms with Gasteiger partial charge in [-0.05, 0) is 19.8 Å². The second-order valence-electron chi connectivity index (χ2n) is 7.28. The number of carbonyl (C=O) groups excluding carboxylic acids is 2. The van der Waals surface area contributed by atoms with Gasteiger partial charge in [0, 0.05) is 23.9 Å². The van der Waals surface area contributed by atoms with Crippen molar-refractivity contribution in [1.29, 1.82) is 0 Å². The minimum absolute atomic E-state index is 0.170. The van der Waals surface area contributed by atoms with E-state index < -0.39 is 17.2 Å². The monoisotopic (exact) mass is 337 g/mol. The maximum atomic E-state index is 13.2. The molecular weight excluding hydrogens is 310 g/mol. The third-order valence-corrected chi connectivity index (χ3v) is 4.56. The lowest BCUT2D eigenvalue weighted by Crippen LogP contribution is -2.71. The SMILES string of the molecule is COC(=O)N[C@](N)(C(=O)N1CCC[C@H]1c1ncc(C)[nH]1)C(C)(C)C. The Kier molecular flexibility index (Phi) is 4.89. The van der Waals surface area contributed by atoms with Gasteiger partial charge >= 0.3 is 6.09 Å². The lowest BCUT2D eigenvalue weighted by molar-refractivity contribution is -0.144. The van der Waals surface area contributed by atoms with Crippen molar-refractivity contribution in [3.8, 4) is 0 Å². The lowest BCUT2D eigenvalue weighted by atomic mass is 9.79. The molecule has 1 fully saturated rings. The van der Waals surface area contributed by atoms with Gasteiger partial charge in [0.2, 0.25) is 0 Å². The van der Waals surface area contributed by atoms with Crippen LogP contribution >= 0.6 is 0 Å². The van der Waals surface area contributed by atoms with Crippen LogP contribution in [0.3, 0.4) is 0 Å². The molecule has 1 saturated heterocycles. The predicted octanol–water partition coefficient (Wildman–Crippen LogP) is 1.44. The predicted molar refractivity (Wildman–Crippen MR) is 88.9 cm³/mol. The zero-order chi connectivity index (χ0) is 18.1. The fraction of sp³-hybridized carbons (Fsp3) is 0.688. The minimum Gasteiger partial charge on any atom is -0.453 e. The molecule has 4 N–H and O–H groups in total. The molecule has 1 aliphatic rings. The highest BCUT2D eigenvalue weighted by Gasteiger charge is 2.51. The van der Waals surface area contributed by atoms with Gasteiger partial charge in [-0.1, -0.05) is 20.8 Å². The van der Waals surface area contributed by atoms with Crippen molar-refractivity contribution in [2.75, 3.05) is 13.7 Å². The zero-order valence-electron chi connectivity index (χ0n) is 15.0. The highest BCUT2D eigenvalue weighted by atomic mass is 16.5. The average Bonchev–Trinajstić information content (AvgIpc) is 3.13. The molecule has 0 aromatic carbocycles. The van der Waals surface area contributed by atoms with Crippen molar-refractivity contribution < 1.29 is 14.3 Å². The Morgan fingerprint density at radius 3 is 2.62 bits per heavy atom. The van der Waals surface area contributed by atoms with Crippen molar-refractivity contribution in [3.63, 3.8) is 0 Å². The summed E-state index contributed by atoms with van der Waals surface area (Å²) < 4.78 is 4.65. The number of ether oxygens (including phenoxy) is 1. The number of nitrogens with two attached hydrogens (primary N) is 1. The normalized spacial score (nSPS) is 20.6. The Labute approximate surface area is 142 Å². The number of aromatic amines is 1. The van der Waals surface area contributed by atoms with E-state index in [2.05, 4.69) is 20.0 Å². The summed E-state index contributed by atoms with van der Waals surface area (Å²) in [5.41, 5.74) is 5.04. The molecule has 0 radical (unpaired) electrons. The largest absolute Gasteiger partial charge is 0.453 e. The fourth-order valence-corrected chi connectivity index (χ4v) is 2.90. The third kappa shape index (κ3) is 3.24. The highest BCUT2D eigenvalue weighted by molar-refractivity contribution is 5.90. The molecule has 0 bridgehead atoms. The number of nitrogens with zero attached hydrogens (tertiary/aromatic N) is 2. The molecule has 0 spiro atoms. The number of carbonyl (C=O) groups is 2. The van der Waals surface area contributed by atoms with Crippen LogP contribution < -0.4 is 11.1 Å². The molecule has 134 valence electrons. The number of amides is 2. The lowest BCUT2D eigenvalue weighted by Gasteiger charge is -2.43. The van der Waals surface area contributed by atoms with E-state index in [1.54, 1.807) is 11.1 Å². The van der Waals surface area contributed by atoms with E-state index >= 15 is 0 Å². The molecule has 1 aromatic heterocycles. The van der Waals surface area contributed by atoms with E-state index in [9.17, 15) is 9.59 Å². The van der Waals surface area contributed by atoms with Crippen LogP contribution in [0.1, 0.15) is 51.2 Å². The number of hydrogen-bond donors (Lipinski definition) is 3. The smallest absolute Gasteiger partial charge is 0.408 e. The van der Waals surface area contributed by atoms with Gasteiger partial charge in [0.25, 0.3) is 5.91 Å². The van der Waals surface area contributed by atoms with Crippen molar-refractivity contribution in [1.82, 2.24) is 20.2 Å². The molecule has 0 unspecified atom stereocenters. The fourth-order valence-electron chi connectivity index (χ4n) is 2.90. The molecule has 2 atom stereocenters. The van der Waals surface area contributed by atoms with Gasteiger partial charge in [-0.15, -0.1) is 0 Å². The number of aryl methyl sites for hydroxylation is 1. The van der Waals surface area contributed by atoms with E-state index in [1.165, 1.54) is 7.11 Å². The Morgan fingerprint density at radius 2 is 2.12 bits per heavy atom. The van der Waals surface area contributed by atoms with E-state index in [1.807, 2.05) is 27.7 Å². The summed E-state index contributed by atoms with van der Waals surface area (Å²) in [5, 5.41) is 2.53. The number of imidazole rings is 1. The maximum Gasteiger partial charge on any atom is 0.408 e. The van der Waals surface area contributed by atoms with Crippen molar-refractivity contribution in [2.45, 2.75) is 52.2 Å². The maximum absolute atomic E-state index is 13.2. The van der Waals surface area contributed by atoms with E-state index in [4.69, 9.17) is 5.73 Å². The van der Waals surface area contributed by atoms with Gasteiger partial charge in [-0.2, -0.15) is 0 Å². The first-order valence-corrected chi connectivity index (χ1v) is 8.07. The number of alkyl carbamates (subject to hydrolysis) is 1. The molecular formula is C16H27N5O3. The molecule has 1 aromatic rings. The summed E-state index contributed by atoms with van der Waals surface area (Å²) in [4.78, 5) is 34.2. The molecule has 8 nitrogen and oxygen atoms in total. The number of rotatable bonds is 3. The van der Waals surface area contributed by atoms with Crippen LogP contribution in [0.5, 0.6) is 0 Å². The number of methoxy groups -OCH3 is 1. The van der Waals surface area contributed by atoms with Gasteiger partial charge in [0.05, 0.1) is 13.2 Å². The molecule has 2 heterocycles. The summed E-state index contributed by atoms with van der Waals surface area (Å²) in [5.74, 6) is 0.407. The summed E-state index contributed by atoms with van der Waals surface area (Å²) in [7, 11) is 1.24. The Morgan fingerprint density at radius 1 is 1.46 bits per heavy atom. The van der Waals surface area contributed by atoms with Crippen molar-refractivity contribution in [3.05, 3.63) is 17.7 Å². The van der Waals surface area contributed by atoms with Crippen LogP contribution in [0.4, 0.5) is 4.79 Å². The zero-order valence-corrected chi connectivity index (χ0v) is 15.0. The summed E-state index contributed by atoms with van der Waals surface area (Å²) in [6.07, 6.45) is 2.67. The number of nitrogens with one attached hydrogen (secondary N) is 2. The van der Waals surface area contributed by atoms with Crippen LogP contribution in [-0.2, 0) is 9.53 Å². The number of aromatic nitrogens is 2. The van der Waals surface area contributed by atoms with Crippen molar-refractivity contribution in [2.24, 2.45) is 11.1 Å². The van der Waals surface area contributed by atoms with Crippen LogP contribution in [-0.4, -0.2) is 46.2 Å². The Balaban J connectivity index is 2.33. The molecule has 8 heteroatoms. The van der Waals surface area contributed by atoms with Gasteiger partial charge in [-0.25, -0.2) is 9.78 Å². The van der Waals surface area contributed by atoms with E-state index in [0.717, 1.165) is 24.4 Å². The third-order valence-electron chi connectivity index (χ3n) is 4.56. The highest BCUT2D eigenvalue weighted by Crippen LogP contribution is 2.35. The summed E-state index contributed by atoms with van der Waals surface area (Å²) in [6.45, 7) is 7.91. The van der Waals surface area contributed by atoms with Gasteiger partial charge in [-0.3, -0.25) is 10.1 Å². The average molecular weight is 337 g/mol. The van der Waals surface area contributed by atoms with Crippen LogP contribution in [0.25, 0.3) is 0 Å². The quantitative estimate of drug-likeness (QED) is 0.722. The second-order valence-corrected chi connectivity index (χ2v) is 7.28.